The highest BCUT2D eigenvalue weighted by molar-refractivity contribution is 7.22. The maximum absolute atomic E-state index is 5.98. The van der Waals surface area contributed by atoms with E-state index in [0.717, 1.165) is 26.5 Å². The second kappa shape index (κ2) is 4.67. The quantitative estimate of drug-likeness (QED) is 0.686. The summed E-state index contributed by atoms with van der Waals surface area (Å²) in [5.41, 5.74) is 10.3. The predicted octanol–water partition coefficient (Wildman–Crippen LogP) is 4.67. The molecule has 19 heavy (non-hydrogen) atoms. The Morgan fingerprint density at radius 3 is 2.42 bits per heavy atom. The van der Waals surface area contributed by atoms with Gasteiger partial charge in [-0.05, 0) is 23.6 Å². The molecular weight excluding hydrogens is 252 g/mol. The van der Waals surface area contributed by atoms with Crippen LogP contribution in [-0.4, -0.2) is 4.98 Å². The van der Waals surface area contributed by atoms with Crippen molar-refractivity contribution in [2.24, 2.45) is 0 Å². The van der Waals surface area contributed by atoms with Crippen molar-refractivity contribution in [2.75, 3.05) is 5.73 Å². The van der Waals surface area contributed by atoms with E-state index in [1.54, 1.807) is 11.3 Å². The molecule has 0 spiro atoms. The lowest BCUT2D eigenvalue weighted by Gasteiger charge is -2.05. The first-order chi connectivity index (χ1) is 9.15. The molecule has 3 rings (SSSR count). The molecule has 0 aliphatic rings. The van der Waals surface area contributed by atoms with Crippen LogP contribution in [0.5, 0.6) is 0 Å². The number of nitrogens with zero attached hydrogens (tertiary/aromatic N) is 1. The summed E-state index contributed by atoms with van der Waals surface area (Å²) >= 11 is 1.66. The number of fused-ring (bicyclic) bond motifs is 1. The van der Waals surface area contributed by atoms with Gasteiger partial charge in [0.2, 0.25) is 0 Å². The van der Waals surface area contributed by atoms with Gasteiger partial charge in [0.25, 0.3) is 0 Å². The van der Waals surface area contributed by atoms with Gasteiger partial charge in [0.15, 0.2) is 0 Å². The Bertz CT molecular complexity index is 711. The third-order valence-electron chi connectivity index (χ3n) is 3.27. The van der Waals surface area contributed by atoms with Gasteiger partial charge >= 0.3 is 0 Å². The number of thiazole rings is 1. The maximum Gasteiger partial charge on any atom is 0.124 e. The van der Waals surface area contributed by atoms with Gasteiger partial charge in [-0.3, -0.25) is 0 Å². The highest BCUT2D eigenvalue weighted by Crippen LogP contribution is 2.33. The fourth-order valence-electron chi connectivity index (χ4n) is 2.10. The monoisotopic (exact) mass is 268 g/mol. The fraction of sp³-hybridized carbons (Fsp3) is 0.188. The van der Waals surface area contributed by atoms with E-state index in [1.807, 2.05) is 18.2 Å². The largest absolute Gasteiger partial charge is 0.398 e. The van der Waals surface area contributed by atoms with Gasteiger partial charge in [-0.25, -0.2) is 4.98 Å². The van der Waals surface area contributed by atoms with E-state index in [4.69, 9.17) is 5.73 Å². The highest BCUT2D eigenvalue weighted by atomic mass is 32.1. The third-order valence-corrected chi connectivity index (χ3v) is 4.44. The van der Waals surface area contributed by atoms with Crippen molar-refractivity contribution < 1.29 is 0 Å². The second-order valence-electron chi connectivity index (χ2n) is 4.99. The molecule has 2 aromatic carbocycles. The Labute approximate surface area is 116 Å². The van der Waals surface area contributed by atoms with E-state index >= 15 is 0 Å². The van der Waals surface area contributed by atoms with Crippen molar-refractivity contribution in [3.8, 4) is 10.6 Å². The Morgan fingerprint density at radius 2 is 1.79 bits per heavy atom. The van der Waals surface area contributed by atoms with E-state index in [9.17, 15) is 0 Å². The van der Waals surface area contributed by atoms with Crippen LogP contribution >= 0.6 is 11.3 Å². The minimum Gasteiger partial charge on any atom is -0.398 e. The SMILES string of the molecule is CC(C)c1ccc(-c2nc3cccc(N)c3s2)cc1. The molecule has 1 aromatic heterocycles. The number of rotatable bonds is 2. The summed E-state index contributed by atoms with van der Waals surface area (Å²) in [6.07, 6.45) is 0. The Kier molecular flexibility index (Phi) is 2.99. The maximum atomic E-state index is 5.98. The summed E-state index contributed by atoms with van der Waals surface area (Å²) in [5.74, 6) is 0.556. The van der Waals surface area contributed by atoms with Crippen LogP contribution in [0.25, 0.3) is 20.8 Å². The summed E-state index contributed by atoms with van der Waals surface area (Å²) in [4.78, 5) is 4.66. The first-order valence-electron chi connectivity index (χ1n) is 6.40. The van der Waals surface area contributed by atoms with Crippen LogP contribution in [0.2, 0.25) is 0 Å². The number of hydrogen-bond donors (Lipinski definition) is 1. The summed E-state index contributed by atoms with van der Waals surface area (Å²) in [6, 6.07) is 14.5. The van der Waals surface area contributed by atoms with Gasteiger partial charge in [0.1, 0.15) is 5.01 Å². The highest BCUT2D eigenvalue weighted by Gasteiger charge is 2.08. The van der Waals surface area contributed by atoms with E-state index in [1.165, 1.54) is 5.56 Å². The lowest BCUT2D eigenvalue weighted by atomic mass is 10.0. The first-order valence-corrected chi connectivity index (χ1v) is 7.22. The molecule has 2 nitrogen and oxygen atoms in total. The molecule has 96 valence electrons. The lowest BCUT2D eigenvalue weighted by Crippen LogP contribution is -1.86. The van der Waals surface area contributed by atoms with Gasteiger partial charge in [-0.2, -0.15) is 0 Å². The molecule has 0 atom stereocenters. The first kappa shape index (κ1) is 12.2. The molecule has 0 radical (unpaired) electrons. The summed E-state index contributed by atoms with van der Waals surface area (Å²) < 4.78 is 1.07. The van der Waals surface area contributed by atoms with Crippen LogP contribution in [0.4, 0.5) is 5.69 Å². The number of anilines is 1. The lowest BCUT2D eigenvalue weighted by molar-refractivity contribution is 0.867. The van der Waals surface area contributed by atoms with Gasteiger partial charge < -0.3 is 5.73 Å². The predicted molar refractivity (Wildman–Crippen MR) is 83.6 cm³/mol. The van der Waals surface area contributed by atoms with Gasteiger partial charge in [0.05, 0.1) is 15.9 Å². The molecule has 1 heterocycles. The van der Waals surface area contributed by atoms with Crippen molar-refractivity contribution in [2.45, 2.75) is 19.8 Å². The van der Waals surface area contributed by atoms with Crippen molar-refractivity contribution >= 4 is 27.2 Å². The molecule has 0 unspecified atom stereocenters. The normalized spacial score (nSPS) is 11.3. The zero-order valence-corrected chi connectivity index (χ0v) is 11.9. The fourth-order valence-corrected chi connectivity index (χ4v) is 3.10. The van der Waals surface area contributed by atoms with Gasteiger partial charge in [0, 0.05) is 5.56 Å². The summed E-state index contributed by atoms with van der Waals surface area (Å²) in [7, 11) is 0. The molecular formula is C16H16N2S. The van der Waals surface area contributed by atoms with Crippen LogP contribution in [0, 0.1) is 0 Å². The standard InChI is InChI=1S/C16H16N2S/c1-10(2)11-6-8-12(9-7-11)16-18-14-5-3-4-13(17)15(14)19-16/h3-10H,17H2,1-2H3. The van der Waals surface area contributed by atoms with E-state index in [2.05, 4.69) is 43.1 Å². The van der Waals surface area contributed by atoms with Gasteiger partial charge in [-0.1, -0.05) is 44.2 Å². The molecule has 2 N–H and O–H groups in total. The van der Waals surface area contributed by atoms with Crippen LogP contribution in [-0.2, 0) is 0 Å². The minimum atomic E-state index is 0.556. The van der Waals surface area contributed by atoms with E-state index in [-0.39, 0.29) is 0 Å². The number of aromatic nitrogens is 1. The van der Waals surface area contributed by atoms with Gasteiger partial charge in [-0.15, -0.1) is 11.3 Å². The number of hydrogen-bond acceptors (Lipinski definition) is 3. The molecule has 3 aromatic rings. The van der Waals surface area contributed by atoms with Crippen molar-refractivity contribution in [3.05, 3.63) is 48.0 Å². The molecule has 0 fully saturated rings. The molecule has 0 amide bonds. The molecule has 3 heteroatoms. The smallest absolute Gasteiger partial charge is 0.124 e. The Balaban J connectivity index is 2.06. The average Bonchev–Trinajstić information content (AvgIpc) is 2.84. The topological polar surface area (TPSA) is 38.9 Å². The molecule has 0 bridgehead atoms. The van der Waals surface area contributed by atoms with Crippen LogP contribution in [0.15, 0.2) is 42.5 Å². The summed E-state index contributed by atoms with van der Waals surface area (Å²) in [6.45, 7) is 4.40. The van der Waals surface area contributed by atoms with Crippen LogP contribution in [0.1, 0.15) is 25.3 Å². The Morgan fingerprint density at radius 1 is 1.05 bits per heavy atom. The van der Waals surface area contributed by atoms with Crippen molar-refractivity contribution in [3.63, 3.8) is 0 Å². The second-order valence-corrected chi connectivity index (χ2v) is 5.99. The Hall–Kier alpha value is -1.87. The molecule has 0 aliphatic heterocycles. The number of benzene rings is 2. The zero-order valence-electron chi connectivity index (χ0n) is 11.1. The minimum absolute atomic E-state index is 0.556. The van der Waals surface area contributed by atoms with E-state index < -0.39 is 0 Å². The molecule has 0 aliphatic carbocycles. The van der Waals surface area contributed by atoms with Crippen LogP contribution < -0.4 is 5.73 Å². The van der Waals surface area contributed by atoms with E-state index in [0.29, 0.717) is 5.92 Å². The third kappa shape index (κ3) is 2.22. The average molecular weight is 268 g/mol. The molecule has 0 saturated heterocycles. The number of nitrogens with two attached hydrogens (primary N) is 1. The van der Waals surface area contributed by atoms with Crippen molar-refractivity contribution in [1.82, 2.24) is 4.98 Å². The zero-order chi connectivity index (χ0) is 13.4. The number of nitrogen functional groups attached to an aromatic ring is 1. The van der Waals surface area contributed by atoms with Crippen molar-refractivity contribution in [1.29, 1.82) is 0 Å². The van der Waals surface area contributed by atoms with Crippen LogP contribution in [0.3, 0.4) is 0 Å². The molecule has 0 saturated carbocycles. The summed E-state index contributed by atoms with van der Waals surface area (Å²) in [5, 5.41) is 1.03.